The quantitative estimate of drug-likeness (QED) is 0.0499. The van der Waals surface area contributed by atoms with E-state index >= 15 is 0 Å². The number of para-hydroxylation sites is 2. The summed E-state index contributed by atoms with van der Waals surface area (Å²) < 4.78 is 360. The predicted molar refractivity (Wildman–Crippen MR) is 360 cm³/mol. The van der Waals surface area contributed by atoms with Crippen LogP contribution in [-0.2, 0) is 21.1 Å². The number of hydrogen-bond donors (Lipinski definition) is 0. The Labute approximate surface area is 582 Å². The average molecular weight is 1360 g/mol. The molecule has 0 radical (unpaired) electrons. The van der Waals surface area contributed by atoms with Crippen LogP contribution in [0, 0.1) is 39.0 Å². The second-order valence-corrected chi connectivity index (χ2v) is 22.9. The molecule has 3 aromatic heterocycles. The molecular formula is C81H58N4OPtSi-2. The number of imidazole rings is 1. The van der Waals surface area contributed by atoms with Gasteiger partial charge in [0.15, 0.2) is 8.07 Å². The van der Waals surface area contributed by atoms with E-state index in [1.165, 1.54) is 83.4 Å². The minimum absolute atomic E-state index is 0. The molecule has 15 rings (SSSR count). The van der Waals surface area contributed by atoms with E-state index in [4.69, 9.17) is 32.2 Å². The van der Waals surface area contributed by atoms with Gasteiger partial charge in [-0.1, -0.05) is 247 Å². The monoisotopic (exact) mass is 1360 g/mol. The second kappa shape index (κ2) is 23.6. The van der Waals surface area contributed by atoms with Gasteiger partial charge in [-0.25, -0.2) is 4.98 Å². The normalized spacial score (nSPS) is 18.0. The minimum atomic E-state index is -6.58. The Morgan fingerprint density at radius 3 is 1.73 bits per heavy atom. The zero-order valence-electron chi connectivity index (χ0n) is 83.1. The van der Waals surface area contributed by atoms with Gasteiger partial charge in [0.2, 0.25) is 0 Å². The Morgan fingerprint density at radius 2 is 1.06 bits per heavy atom. The van der Waals surface area contributed by atoms with Gasteiger partial charge in [0.25, 0.3) is 6.33 Å². The molecular weight excluding hydrogens is 1270 g/mol. The first-order valence-electron chi connectivity index (χ1n) is 45.5. The van der Waals surface area contributed by atoms with E-state index in [2.05, 4.69) is 23.4 Å². The average Bonchev–Trinajstić information content (AvgIpc) is 0.724. The van der Waals surface area contributed by atoms with E-state index in [1.807, 2.05) is 0 Å². The molecule has 0 aliphatic heterocycles. The zero-order chi connectivity index (χ0) is 91.2. The third kappa shape index (κ3) is 9.81. The van der Waals surface area contributed by atoms with E-state index in [0.717, 1.165) is 16.8 Å². The van der Waals surface area contributed by atoms with Crippen molar-refractivity contribution in [3.05, 3.63) is 332 Å². The first-order valence-corrected chi connectivity index (χ1v) is 28.5. The van der Waals surface area contributed by atoms with Gasteiger partial charge in [0, 0.05) is 62.2 Å². The molecule has 0 unspecified atom stereocenters. The molecule has 0 atom stereocenters. The van der Waals surface area contributed by atoms with Crippen molar-refractivity contribution in [1.82, 2.24) is 14.1 Å². The van der Waals surface area contributed by atoms with E-state index in [1.54, 1.807) is 34.9 Å². The number of ether oxygens (including phenoxy) is 1. The summed E-state index contributed by atoms with van der Waals surface area (Å²) in [4.78, 5) is 4.65. The van der Waals surface area contributed by atoms with Gasteiger partial charge in [-0.15, -0.1) is 29.7 Å². The van der Waals surface area contributed by atoms with Gasteiger partial charge >= 0.3 is 0 Å². The molecule has 0 saturated carbocycles. The zero-order valence-corrected chi connectivity index (χ0v) is 48.3. The number of pyridine rings is 1. The Kier molecular flexibility index (Phi) is 7.40. The summed E-state index contributed by atoms with van der Waals surface area (Å²) in [6, 6.07) is 1.76. The topological polar surface area (TPSA) is 35.9 Å². The Balaban J connectivity index is 0.0000129. The molecule has 0 aliphatic carbocycles. The molecule has 5 nitrogen and oxygen atoms in total. The molecule has 0 fully saturated rings. The Morgan fingerprint density at radius 1 is 0.477 bits per heavy atom. The van der Waals surface area contributed by atoms with E-state index < -0.39 is 275 Å². The Hall–Kier alpha value is -10.2. The van der Waals surface area contributed by atoms with Crippen molar-refractivity contribution in [2.75, 3.05) is 0 Å². The van der Waals surface area contributed by atoms with Crippen LogP contribution in [-0.4, -0.2) is 22.2 Å². The smallest absolute Gasteiger partial charge is 0.268 e. The van der Waals surface area contributed by atoms with Crippen molar-refractivity contribution in [3.8, 4) is 73.2 Å². The molecule has 15 aromatic rings. The van der Waals surface area contributed by atoms with Gasteiger partial charge in [0.05, 0.1) is 56.5 Å². The number of hydrogen-bond acceptors (Lipinski definition) is 2. The van der Waals surface area contributed by atoms with Crippen molar-refractivity contribution < 1.29 is 82.5 Å². The summed E-state index contributed by atoms with van der Waals surface area (Å²) in [6.45, 7) is -9.03. The third-order valence-corrected chi connectivity index (χ3v) is 18.6. The van der Waals surface area contributed by atoms with Gasteiger partial charge in [-0.3, -0.25) is 4.57 Å². The summed E-state index contributed by atoms with van der Waals surface area (Å²) in [5.74, 6) is -0.197. The van der Waals surface area contributed by atoms with Crippen molar-refractivity contribution in [1.29, 1.82) is 0 Å². The molecule has 0 bridgehead atoms. The van der Waals surface area contributed by atoms with Crippen LogP contribution in [0.2, 0.25) is 0 Å². The molecule has 0 N–H and O–H groups in total. The van der Waals surface area contributed by atoms with Gasteiger partial charge in [0.1, 0.15) is 5.82 Å². The van der Waals surface area contributed by atoms with Crippen LogP contribution >= 0.6 is 0 Å². The first-order chi connectivity index (χ1) is 58.5. The van der Waals surface area contributed by atoms with Crippen molar-refractivity contribution >= 4 is 61.7 Å². The van der Waals surface area contributed by atoms with Crippen LogP contribution in [0.3, 0.4) is 0 Å². The summed E-state index contributed by atoms with van der Waals surface area (Å²) in [5, 5.41) is -3.57. The van der Waals surface area contributed by atoms with Crippen LogP contribution in [0.5, 0.6) is 11.5 Å². The summed E-state index contributed by atoms with van der Waals surface area (Å²) in [6.07, 6.45) is 4.32. The van der Waals surface area contributed by atoms with Crippen LogP contribution < -0.4 is 30.1 Å². The minimum Gasteiger partial charge on any atom is -0.510 e. The van der Waals surface area contributed by atoms with Gasteiger partial charge in [-0.05, 0) is 126 Å². The molecule has 88 heavy (non-hydrogen) atoms. The molecule has 12 aromatic carbocycles. The fraction of sp³-hybridized carbons (Fsp3) is 0.0370. The van der Waals surface area contributed by atoms with Crippen molar-refractivity contribution in [2.24, 2.45) is 0 Å². The molecule has 0 spiro atoms. The van der Waals surface area contributed by atoms with Crippen LogP contribution in [0.15, 0.2) is 297 Å². The van der Waals surface area contributed by atoms with Crippen LogP contribution in [0.1, 0.15) is 68.8 Å². The van der Waals surface area contributed by atoms with Gasteiger partial charge < -0.3 is 13.9 Å². The number of benzene rings is 12. The second-order valence-electron chi connectivity index (χ2n) is 19.4. The Bertz CT molecular complexity index is 6900. The molecule has 0 amide bonds. The summed E-state index contributed by atoms with van der Waals surface area (Å²) >= 11 is 0. The van der Waals surface area contributed by atoms with E-state index in [0.29, 0.717) is 16.3 Å². The van der Waals surface area contributed by atoms with Crippen molar-refractivity contribution in [3.63, 3.8) is 0 Å². The third-order valence-electron chi connectivity index (χ3n) is 14.6. The predicted octanol–water partition coefficient (Wildman–Crippen LogP) is 16.6. The molecule has 7 heteroatoms. The van der Waals surface area contributed by atoms with Gasteiger partial charge in [-0.2, -0.15) is 18.2 Å². The number of aryl methyl sites for hydroxylation is 3. The first kappa shape index (κ1) is 27.6. The number of nitrogens with zero attached hydrogens (tertiary/aromatic N) is 4. The van der Waals surface area contributed by atoms with E-state index in [9.17, 15) is 24.7 Å². The van der Waals surface area contributed by atoms with Crippen molar-refractivity contribution in [2.45, 2.75) is 20.6 Å². The maximum Gasteiger partial charge on any atom is 0.268 e. The van der Waals surface area contributed by atoms with Crippen LogP contribution in [0.4, 0.5) is 0 Å². The molecule has 424 valence electrons. The summed E-state index contributed by atoms with van der Waals surface area (Å²) in [5.41, 5.74) is -5.03. The molecule has 0 aliphatic rings. The largest absolute Gasteiger partial charge is 0.510 e. The molecule has 0 saturated heterocycles. The maximum atomic E-state index is 11.0. The standard InChI is InChI=1S/C81H58N4OSi.Pt/c1-56-25-21-26-57(2)80(56)62-45-48-76-78(51-62)83(63-32-23-33-64(52-63)86-65-46-47-73-72-41-19-20-44-75(72)85(77(73)53-65)79-49-58(3)74(54-82-79)60-29-11-5-12-30-60)55-84(76)81-70(59-27-9-4-10-28-59)42-24-43-71(81)61-31-22-40-69(50-61)87(66-34-13-6-14-35-66,67-36-15-7-16-37-67)68-38-17-8-18-39-68;/h4-51,54H,1-3H3;/q-2;/i1D3,2D3,3D3,4D,5D,6D,7D,8D,9D,10D,11D,12D,13D,14D,15D,16D,17D,18D,22D,27D,28D,29D,30D,31D,34D,35D,36D,37D,38D,39D,40D,50D;. The number of fused-ring (bicyclic) bond motifs is 4. The fourth-order valence-electron chi connectivity index (χ4n) is 10.8. The number of aromatic nitrogens is 4. The van der Waals surface area contributed by atoms with E-state index in [-0.39, 0.29) is 77.3 Å². The summed E-state index contributed by atoms with van der Waals surface area (Å²) in [7, 11) is -6.58. The fourth-order valence-corrected chi connectivity index (χ4v) is 14.4. The van der Waals surface area contributed by atoms with Crippen LogP contribution in [0.25, 0.3) is 94.5 Å². The SMILES string of the molecule is [2H]c1c([2H])c([2H])c(-c2cnc(-n3c4[c-]c(Oc5[c-]c(-n6[c-][n+](-c7c(-c8c([2H])c([2H])c([2H])c([2H])c8[2H])cccc7-c7c([2H])c([2H])c([2H])c([Si](c8c([2H])c([2H])c([2H])c([2H])c8[2H])(c8c([2H])c([2H])c([2H])c([2H])c8[2H])c8c([2H])c([2H])c([2H])c([2H])c8[2H])c7[2H])c7ccc(-c8c(C([2H])([2H])[2H])cccc8C([2H])([2H])[2H])cc76)ccc5)ccc4c4ccccc43)cc2C([2H])([2H])[2H])c([2H])c1[2H].[Pt]. The number of rotatable bonds is 13. The maximum absolute atomic E-state index is 11.0. The molecule has 3 heterocycles.